The summed E-state index contributed by atoms with van der Waals surface area (Å²) in [6, 6.07) is 14.9. The van der Waals surface area contributed by atoms with Gasteiger partial charge in [-0.15, -0.1) is 11.3 Å². The molecule has 2 aromatic heterocycles. The third-order valence-corrected chi connectivity index (χ3v) is 9.98. The van der Waals surface area contributed by atoms with Crippen LogP contribution in [0.4, 0.5) is 0 Å². The highest BCUT2D eigenvalue weighted by Gasteiger charge is 2.44. The Morgan fingerprint density at radius 3 is 2.41 bits per heavy atom. The van der Waals surface area contributed by atoms with Crippen molar-refractivity contribution in [3.05, 3.63) is 83.0 Å². The van der Waals surface area contributed by atoms with Gasteiger partial charge in [-0.25, -0.2) is 8.42 Å². The summed E-state index contributed by atoms with van der Waals surface area (Å²) < 4.78 is 27.7. The molecule has 0 aliphatic carbocycles. The number of carbonyl (C=O) groups is 1. The Hall–Kier alpha value is -2.99. The molecule has 1 amide bonds. The van der Waals surface area contributed by atoms with E-state index in [2.05, 4.69) is 16.8 Å². The van der Waals surface area contributed by atoms with Gasteiger partial charge in [0, 0.05) is 49.7 Å². The lowest BCUT2D eigenvalue weighted by atomic mass is 9.78. The molecule has 0 atom stereocenters. The van der Waals surface area contributed by atoms with Crippen molar-refractivity contribution in [2.45, 2.75) is 23.5 Å². The molecule has 0 unspecified atom stereocenters. The summed E-state index contributed by atoms with van der Waals surface area (Å²) in [4.78, 5) is 19.3. The average molecular weight is 492 g/mol. The molecule has 8 heteroatoms. The van der Waals surface area contributed by atoms with Crippen LogP contribution in [0.3, 0.4) is 0 Å². The molecule has 4 heterocycles. The van der Waals surface area contributed by atoms with Crippen molar-refractivity contribution in [3.63, 3.8) is 0 Å². The Labute approximate surface area is 204 Å². The fraction of sp³-hybridized carbons (Fsp3) is 0.308. The van der Waals surface area contributed by atoms with E-state index in [9.17, 15) is 13.2 Å². The summed E-state index contributed by atoms with van der Waals surface area (Å²) in [6.45, 7) is 2.32. The van der Waals surface area contributed by atoms with Gasteiger partial charge in [-0.2, -0.15) is 4.31 Å². The zero-order valence-electron chi connectivity index (χ0n) is 18.7. The third kappa shape index (κ3) is 4.64. The Morgan fingerprint density at radius 2 is 1.68 bits per heavy atom. The van der Waals surface area contributed by atoms with Crippen LogP contribution in [0.25, 0.3) is 0 Å². The molecule has 2 aliphatic rings. The summed E-state index contributed by atoms with van der Waals surface area (Å²) in [5.41, 5.74) is 2.13. The van der Waals surface area contributed by atoms with Gasteiger partial charge >= 0.3 is 0 Å². The van der Waals surface area contributed by atoms with Crippen LogP contribution >= 0.6 is 11.3 Å². The smallest absolute Gasteiger partial charge is 0.255 e. The summed E-state index contributed by atoms with van der Waals surface area (Å²) in [5.74, 6) is 6.15. The van der Waals surface area contributed by atoms with E-state index in [0.29, 0.717) is 41.5 Å². The van der Waals surface area contributed by atoms with Crippen molar-refractivity contribution in [2.75, 3.05) is 26.2 Å². The fourth-order valence-electron chi connectivity index (χ4n) is 4.73. The quantitative estimate of drug-likeness (QED) is 0.522. The lowest BCUT2D eigenvalue weighted by Gasteiger charge is -2.38. The predicted molar refractivity (Wildman–Crippen MR) is 132 cm³/mol. The minimum atomic E-state index is -3.42. The second-order valence-corrected chi connectivity index (χ2v) is 12.0. The molecule has 1 spiro atoms. The van der Waals surface area contributed by atoms with Gasteiger partial charge in [-0.1, -0.05) is 36.1 Å². The minimum Gasteiger partial charge on any atom is -0.338 e. The van der Waals surface area contributed by atoms with Gasteiger partial charge in [0.15, 0.2) is 0 Å². The number of aromatic nitrogens is 1. The van der Waals surface area contributed by atoms with E-state index >= 15 is 0 Å². The normalized spacial score (nSPS) is 17.9. The first kappa shape index (κ1) is 22.8. The first-order valence-electron chi connectivity index (χ1n) is 11.3. The number of sulfonamides is 1. The van der Waals surface area contributed by atoms with Crippen molar-refractivity contribution in [3.8, 4) is 11.8 Å². The Bertz CT molecular complexity index is 1330. The lowest BCUT2D eigenvalue weighted by molar-refractivity contribution is 0.0750. The first-order valence-corrected chi connectivity index (χ1v) is 13.6. The predicted octanol–water partition coefficient (Wildman–Crippen LogP) is 3.86. The molecule has 34 heavy (non-hydrogen) atoms. The summed E-state index contributed by atoms with van der Waals surface area (Å²) in [7, 11) is -3.42. The maximum atomic E-state index is 13.2. The van der Waals surface area contributed by atoms with Crippen LogP contribution < -0.4 is 0 Å². The molecule has 0 N–H and O–H groups in total. The Balaban J connectivity index is 1.23. The molecule has 3 aromatic rings. The van der Waals surface area contributed by atoms with Crippen LogP contribution in [0, 0.1) is 17.3 Å². The standard InChI is InChI=1S/C26H25N3O3S2/c30-25(23-17-22(18-27-19-23)9-8-21-5-2-1-3-6-21)28-13-10-26(20-28)11-14-29(15-12-26)34(31,32)24-7-4-16-33-24/h1-7,16-19H,10-15,20H2. The van der Waals surface area contributed by atoms with Gasteiger partial charge in [0.1, 0.15) is 4.21 Å². The van der Waals surface area contributed by atoms with Crippen LogP contribution in [0.15, 0.2) is 70.5 Å². The van der Waals surface area contributed by atoms with Gasteiger partial charge in [-0.3, -0.25) is 9.78 Å². The van der Waals surface area contributed by atoms with E-state index in [0.717, 1.165) is 24.8 Å². The van der Waals surface area contributed by atoms with E-state index in [1.54, 1.807) is 40.3 Å². The van der Waals surface area contributed by atoms with Gasteiger partial charge in [0.05, 0.1) is 5.56 Å². The van der Waals surface area contributed by atoms with Crippen molar-refractivity contribution in [1.82, 2.24) is 14.2 Å². The molecule has 6 nitrogen and oxygen atoms in total. The number of amides is 1. The van der Waals surface area contributed by atoms with Crippen LogP contribution in [-0.4, -0.2) is 54.7 Å². The van der Waals surface area contributed by atoms with Crippen LogP contribution in [0.5, 0.6) is 0 Å². The van der Waals surface area contributed by atoms with Crippen molar-refractivity contribution >= 4 is 27.3 Å². The molecular weight excluding hydrogens is 466 g/mol. The Morgan fingerprint density at radius 1 is 0.941 bits per heavy atom. The second kappa shape index (κ2) is 9.34. The number of carbonyl (C=O) groups excluding carboxylic acids is 1. The zero-order chi connectivity index (χ0) is 23.6. The van der Waals surface area contributed by atoms with Crippen LogP contribution in [-0.2, 0) is 10.0 Å². The fourth-order valence-corrected chi connectivity index (χ4v) is 7.31. The molecule has 1 aromatic carbocycles. The van der Waals surface area contributed by atoms with Gasteiger partial charge in [-0.05, 0) is 54.3 Å². The highest BCUT2D eigenvalue weighted by Crippen LogP contribution is 2.42. The number of hydrogen-bond donors (Lipinski definition) is 0. The highest BCUT2D eigenvalue weighted by molar-refractivity contribution is 7.91. The third-order valence-electron chi connectivity index (χ3n) is 6.71. The maximum Gasteiger partial charge on any atom is 0.255 e. The van der Waals surface area contributed by atoms with Gasteiger partial charge in [0.25, 0.3) is 15.9 Å². The molecule has 5 rings (SSSR count). The molecule has 0 bridgehead atoms. The van der Waals surface area contributed by atoms with E-state index in [1.807, 2.05) is 35.2 Å². The summed E-state index contributed by atoms with van der Waals surface area (Å²) in [6.07, 6.45) is 5.69. The molecule has 0 saturated carbocycles. The molecule has 2 fully saturated rings. The monoisotopic (exact) mass is 491 g/mol. The van der Waals surface area contributed by atoms with E-state index in [4.69, 9.17) is 0 Å². The number of likely N-dealkylation sites (tertiary alicyclic amines) is 1. The minimum absolute atomic E-state index is 0.0186. The van der Waals surface area contributed by atoms with E-state index in [-0.39, 0.29) is 11.3 Å². The number of thiophene rings is 1. The average Bonchev–Trinajstić information content (AvgIpc) is 3.55. The SMILES string of the molecule is O=C(c1cncc(C#Cc2ccccc2)c1)N1CCC2(CCN(S(=O)(=O)c3cccs3)CC2)C1. The number of rotatable bonds is 3. The summed E-state index contributed by atoms with van der Waals surface area (Å²) >= 11 is 1.25. The Kier molecular flexibility index (Phi) is 6.26. The number of hydrogen-bond acceptors (Lipinski definition) is 5. The number of pyridine rings is 1. The van der Waals surface area contributed by atoms with Crippen molar-refractivity contribution in [1.29, 1.82) is 0 Å². The van der Waals surface area contributed by atoms with Crippen LogP contribution in [0.1, 0.15) is 40.7 Å². The molecular formula is C26H25N3O3S2. The van der Waals surface area contributed by atoms with Gasteiger partial charge < -0.3 is 4.90 Å². The molecule has 2 aliphatic heterocycles. The zero-order valence-corrected chi connectivity index (χ0v) is 20.3. The maximum absolute atomic E-state index is 13.2. The van der Waals surface area contributed by atoms with Gasteiger partial charge in [0.2, 0.25) is 0 Å². The van der Waals surface area contributed by atoms with Crippen LogP contribution in [0.2, 0.25) is 0 Å². The highest BCUT2D eigenvalue weighted by atomic mass is 32.2. The van der Waals surface area contributed by atoms with Crippen molar-refractivity contribution in [2.24, 2.45) is 5.41 Å². The molecule has 2 saturated heterocycles. The number of benzene rings is 1. The molecule has 0 radical (unpaired) electrons. The van der Waals surface area contributed by atoms with Crippen molar-refractivity contribution < 1.29 is 13.2 Å². The number of nitrogens with zero attached hydrogens (tertiary/aromatic N) is 3. The largest absolute Gasteiger partial charge is 0.338 e. The lowest BCUT2D eigenvalue weighted by Crippen LogP contribution is -2.44. The first-order chi connectivity index (χ1) is 16.5. The summed E-state index contributed by atoms with van der Waals surface area (Å²) in [5, 5.41) is 1.79. The topological polar surface area (TPSA) is 70.6 Å². The van der Waals surface area contributed by atoms with E-state index < -0.39 is 10.0 Å². The second-order valence-electron chi connectivity index (χ2n) is 8.89. The molecule has 174 valence electrons. The number of piperidine rings is 1. The van der Waals surface area contributed by atoms with E-state index in [1.165, 1.54) is 11.3 Å².